The van der Waals surface area contributed by atoms with Crippen molar-refractivity contribution in [2.75, 3.05) is 13.1 Å². The van der Waals surface area contributed by atoms with Gasteiger partial charge < -0.3 is 15.8 Å². The number of ether oxygens (including phenoxy) is 1. The van der Waals surface area contributed by atoms with Crippen molar-refractivity contribution in [2.24, 2.45) is 10.7 Å². The fourth-order valence-electron chi connectivity index (χ4n) is 3.38. The smallest absolute Gasteiger partial charge is 0.127 e. The van der Waals surface area contributed by atoms with Crippen LogP contribution in [0.5, 0.6) is 11.5 Å². The quantitative estimate of drug-likeness (QED) is 0.702. The van der Waals surface area contributed by atoms with Crippen LogP contribution in [0.1, 0.15) is 17.5 Å². The molecule has 0 fully saturated rings. The number of nitrogens with zero attached hydrogens (tertiary/aromatic N) is 1. The molecule has 1 atom stereocenters. The highest BCUT2D eigenvalue weighted by atomic mass is 19.1. The molecule has 0 amide bonds. The Morgan fingerprint density at radius 2 is 1.64 bits per heavy atom. The summed E-state index contributed by atoms with van der Waals surface area (Å²) in [5.74, 6) is 1.65. The fourth-order valence-corrected chi connectivity index (χ4v) is 3.38. The van der Waals surface area contributed by atoms with Gasteiger partial charge in [-0.05, 0) is 53.9 Å². The maximum Gasteiger partial charge on any atom is 0.127 e. The van der Waals surface area contributed by atoms with E-state index in [9.17, 15) is 4.39 Å². The summed E-state index contributed by atoms with van der Waals surface area (Å²) in [7, 11) is 0. The van der Waals surface area contributed by atoms with E-state index in [2.05, 4.69) is 10.3 Å². The third-order valence-electron chi connectivity index (χ3n) is 4.84. The summed E-state index contributed by atoms with van der Waals surface area (Å²) in [6.07, 6.45) is 0.988. The molecule has 1 unspecified atom stereocenters. The molecule has 0 radical (unpaired) electrons. The third kappa shape index (κ3) is 3.62. The molecule has 0 saturated heterocycles. The summed E-state index contributed by atoms with van der Waals surface area (Å²) in [4.78, 5) is 4.68. The Labute approximate surface area is 163 Å². The summed E-state index contributed by atoms with van der Waals surface area (Å²) >= 11 is 0. The predicted octanol–water partition coefficient (Wildman–Crippen LogP) is 4.21. The molecular weight excluding hydrogens is 353 g/mol. The lowest BCUT2D eigenvalue weighted by Gasteiger charge is -2.34. The normalized spacial score (nSPS) is 15.9. The first-order chi connectivity index (χ1) is 13.7. The molecule has 4 rings (SSSR count). The molecule has 1 aliphatic heterocycles. The first-order valence-corrected chi connectivity index (χ1v) is 9.33. The average Bonchev–Trinajstić information content (AvgIpc) is 2.76. The number of nitrogens with two attached hydrogens (primary N) is 1. The van der Waals surface area contributed by atoms with E-state index in [1.807, 2.05) is 54.6 Å². The Morgan fingerprint density at radius 1 is 0.893 bits per heavy atom. The first kappa shape index (κ1) is 18.2. The third-order valence-corrected chi connectivity index (χ3v) is 4.84. The lowest BCUT2D eigenvalue weighted by molar-refractivity contribution is 0.478. The maximum atomic E-state index is 13.1. The van der Waals surface area contributed by atoms with E-state index in [1.165, 1.54) is 12.1 Å². The zero-order valence-electron chi connectivity index (χ0n) is 15.4. The van der Waals surface area contributed by atoms with Gasteiger partial charge in [0.25, 0.3) is 0 Å². The van der Waals surface area contributed by atoms with Crippen LogP contribution in [0.4, 0.5) is 4.39 Å². The van der Waals surface area contributed by atoms with E-state index in [4.69, 9.17) is 10.5 Å². The van der Waals surface area contributed by atoms with Gasteiger partial charge >= 0.3 is 0 Å². The van der Waals surface area contributed by atoms with Crippen molar-refractivity contribution >= 4 is 5.84 Å². The highest BCUT2D eigenvalue weighted by molar-refractivity contribution is 5.96. The largest absolute Gasteiger partial charge is 0.457 e. The van der Waals surface area contributed by atoms with Crippen LogP contribution in [-0.2, 0) is 5.54 Å². The van der Waals surface area contributed by atoms with Crippen LogP contribution in [0.2, 0.25) is 0 Å². The highest BCUT2D eigenvalue weighted by Gasteiger charge is 2.36. The van der Waals surface area contributed by atoms with Crippen molar-refractivity contribution < 1.29 is 9.13 Å². The van der Waals surface area contributed by atoms with Crippen LogP contribution in [-0.4, -0.2) is 18.9 Å². The predicted molar refractivity (Wildman–Crippen MR) is 109 cm³/mol. The van der Waals surface area contributed by atoms with Crippen molar-refractivity contribution in [2.45, 2.75) is 12.0 Å². The Hall–Kier alpha value is -3.18. The minimum atomic E-state index is -0.913. The van der Waals surface area contributed by atoms with E-state index in [0.29, 0.717) is 11.5 Å². The van der Waals surface area contributed by atoms with Gasteiger partial charge in [0.15, 0.2) is 0 Å². The summed E-state index contributed by atoms with van der Waals surface area (Å²) < 4.78 is 19.1. The van der Waals surface area contributed by atoms with Crippen molar-refractivity contribution in [3.8, 4) is 11.5 Å². The fraction of sp³-hybridized carbons (Fsp3) is 0.174. The zero-order valence-corrected chi connectivity index (χ0v) is 15.4. The van der Waals surface area contributed by atoms with Crippen LogP contribution in [0.25, 0.3) is 0 Å². The summed E-state index contributed by atoms with van der Waals surface area (Å²) in [6, 6.07) is 23.5. The van der Waals surface area contributed by atoms with E-state index in [1.54, 1.807) is 12.1 Å². The number of rotatable bonds is 5. The highest BCUT2D eigenvalue weighted by Crippen LogP contribution is 2.32. The summed E-state index contributed by atoms with van der Waals surface area (Å²) in [6.45, 7) is 1.59. The number of benzene rings is 3. The molecule has 0 aliphatic carbocycles. The van der Waals surface area contributed by atoms with Crippen molar-refractivity contribution in [1.29, 1.82) is 0 Å². The molecule has 28 heavy (non-hydrogen) atoms. The molecular formula is C23H22FN3O. The van der Waals surface area contributed by atoms with Gasteiger partial charge in [0.1, 0.15) is 28.7 Å². The van der Waals surface area contributed by atoms with Gasteiger partial charge in [0.05, 0.1) is 0 Å². The second kappa shape index (κ2) is 7.82. The van der Waals surface area contributed by atoms with Crippen LogP contribution in [0, 0.1) is 5.82 Å². The lowest BCUT2D eigenvalue weighted by atomic mass is 9.82. The summed E-state index contributed by atoms with van der Waals surface area (Å²) in [5.41, 5.74) is 7.90. The SMILES string of the molecule is NC(C1=NCCCN1)(c1ccccc1)c1cccc(Oc2ccc(F)cc2)c1. The van der Waals surface area contributed by atoms with Crippen LogP contribution < -0.4 is 15.8 Å². The Bertz CT molecular complexity index is 973. The second-order valence-corrected chi connectivity index (χ2v) is 6.77. The van der Waals surface area contributed by atoms with Gasteiger partial charge in [0, 0.05) is 13.1 Å². The Balaban J connectivity index is 1.74. The molecule has 142 valence electrons. The number of amidine groups is 1. The van der Waals surface area contributed by atoms with Crippen LogP contribution in [0.15, 0.2) is 83.9 Å². The first-order valence-electron chi connectivity index (χ1n) is 9.33. The van der Waals surface area contributed by atoms with E-state index >= 15 is 0 Å². The number of hydrogen-bond donors (Lipinski definition) is 2. The number of halogens is 1. The van der Waals surface area contributed by atoms with Crippen LogP contribution in [0.3, 0.4) is 0 Å². The van der Waals surface area contributed by atoms with Crippen molar-refractivity contribution in [1.82, 2.24) is 5.32 Å². The van der Waals surface area contributed by atoms with Gasteiger partial charge in [-0.25, -0.2) is 4.39 Å². The number of nitrogens with one attached hydrogen (secondary N) is 1. The monoisotopic (exact) mass is 375 g/mol. The minimum Gasteiger partial charge on any atom is -0.457 e. The van der Waals surface area contributed by atoms with Crippen molar-refractivity contribution in [3.05, 3.63) is 95.8 Å². The van der Waals surface area contributed by atoms with E-state index < -0.39 is 5.54 Å². The second-order valence-electron chi connectivity index (χ2n) is 6.77. The van der Waals surface area contributed by atoms with Gasteiger partial charge in [-0.1, -0.05) is 42.5 Å². The van der Waals surface area contributed by atoms with Gasteiger partial charge in [-0.2, -0.15) is 0 Å². The molecule has 1 aliphatic rings. The minimum absolute atomic E-state index is 0.299. The molecule has 0 spiro atoms. The van der Waals surface area contributed by atoms with Gasteiger partial charge in [-0.3, -0.25) is 4.99 Å². The van der Waals surface area contributed by atoms with Crippen LogP contribution >= 0.6 is 0 Å². The standard InChI is InChI=1S/C23H22FN3O/c24-19-10-12-20(13-11-19)28-21-9-4-8-18(16-21)23(25,17-6-2-1-3-7-17)22-26-14-5-15-27-22/h1-4,6-13,16H,5,14-15,25H2,(H,26,27). The summed E-state index contributed by atoms with van der Waals surface area (Å²) in [5, 5.41) is 3.37. The average molecular weight is 375 g/mol. The number of hydrogen-bond acceptors (Lipinski definition) is 4. The molecule has 1 heterocycles. The maximum absolute atomic E-state index is 13.1. The van der Waals surface area contributed by atoms with Gasteiger partial charge in [-0.15, -0.1) is 0 Å². The zero-order chi connectivity index (χ0) is 19.4. The number of aliphatic imine (C=N–C) groups is 1. The molecule has 5 heteroatoms. The molecule has 3 aromatic rings. The lowest BCUT2D eigenvalue weighted by Crippen LogP contribution is -2.53. The molecule has 3 N–H and O–H groups in total. The molecule has 0 saturated carbocycles. The topological polar surface area (TPSA) is 59.6 Å². The van der Waals surface area contributed by atoms with E-state index in [0.717, 1.165) is 36.5 Å². The molecule has 4 nitrogen and oxygen atoms in total. The van der Waals surface area contributed by atoms with E-state index in [-0.39, 0.29) is 5.82 Å². The Morgan fingerprint density at radius 3 is 2.36 bits per heavy atom. The van der Waals surface area contributed by atoms with Crippen molar-refractivity contribution in [3.63, 3.8) is 0 Å². The molecule has 3 aromatic carbocycles. The van der Waals surface area contributed by atoms with Gasteiger partial charge in [0.2, 0.25) is 0 Å². The Kier molecular flexibility index (Phi) is 5.08. The molecule has 0 aromatic heterocycles. The molecule has 0 bridgehead atoms.